The van der Waals surface area contributed by atoms with E-state index in [-0.39, 0.29) is 37.5 Å². The molecule has 0 aromatic heterocycles. The maximum atomic E-state index is 13.9. The molecule has 4 aliphatic rings. The zero-order valence-corrected chi connectivity index (χ0v) is 22.7. The van der Waals surface area contributed by atoms with E-state index in [4.69, 9.17) is 15.2 Å². The number of hydrogen-bond donors (Lipinski definition) is 2. The molecule has 10 heteroatoms. The normalized spacial score (nSPS) is 24.2. The number of carbonyl (C=O) groups excluding carboxylic acids is 4. The topological polar surface area (TPSA) is 131 Å². The van der Waals surface area contributed by atoms with Gasteiger partial charge in [-0.2, -0.15) is 0 Å². The van der Waals surface area contributed by atoms with Crippen molar-refractivity contribution in [2.75, 3.05) is 18.5 Å². The highest BCUT2D eigenvalue weighted by Crippen LogP contribution is 2.47. The van der Waals surface area contributed by atoms with Gasteiger partial charge in [0.05, 0.1) is 13.2 Å². The maximum absolute atomic E-state index is 13.9. The second-order valence-electron chi connectivity index (χ2n) is 11.6. The number of imide groups is 1. The Morgan fingerprint density at radius 2 is 1.85 bits per heavy atom. The Hall–Kier alpha value is -3.76. The molecule has 10 nitrogen and oxygen atoms in total. The van der Waals surface area contributed by atoms with Crippen molar-refractivity contribution in [2.45, 2.75) is 69.3 Å². The second-order valence-corrected chi connectivity index (χ2v) is 11.6. The van der Waals surface area contributed by atoms with Crippen LogP contribution in [0, 0.1) is 5.92 Å². The molecule has 2 saturated heterocycles. The lowest BCUT2D eigenvalue weighted by molar-refractivity contribution is -0.146. The van der Waals surface area contributed by atoms with Crippen molar-refractivity contribution in [3.8, 4) is 0 Å². The van der Waals surface area contributed by atoms with Crippen molar-refractivity contribution in [2.24, 2.45) is 11.7 Å². The average molecular weight is 547 g/mol. The molecule has 6 rings (SSSR count). The van der Waals surface area contributed by atoms with E-state index in [0.29, 0.717) is 30.1 Å². The van der Waals surface area contributed by atoms with Crippen LogP contribution in [0.4, 0.5) is 10.5 Å². The number of fused-ring (bicyclic) bond motifs is 2. The van der Waals surface area contributed by atoms with Crippen LogP contribution in [0.3, 0.4) is 0 Å². The number of hydrogen-bond acceptors (Lipinski definition) is 7. The van der Waals surface area contributed by atoms with Gasteiger partial charge in [0.2, 0.25) is 17.4 Å². The smallest absolute Gasteiger partial charge is 0.418 e. The first-order chi connectivity index (χ1) is 19.1. The van der Waals surface area contributed by atoms with Crippen molar-refractivity contribution in [3.63, 3.8) is 0 Å². The van der Waals surface area contributed by atoms with Crippen molar-refractivity contribution >= 4 is 29.5 Å². The molecule has 0 radical (unpaired) electrons. The minimum absolute atomic E-state index is 0.0159. The number of carbonyl (C=O) groups is 4. The number of anilines is 1. The third-order valence-electron chi connectivity index (χ3n) is 8.76. The van der Waals surface area contributed by atoms with E-state index in [0.717, 1.165) is 28.9 Å². The van der Waals surface area contributed by atoms with Crippen LogP contribution in [0.25, 0.3) is 0 Å². The number of rotatable bonds is 8. The largest absolute Gasteiger partial charge is 0.427 e. The summed E-state index contributed by atoms with van der Waals surface area (Å²) in [6, 6.07) is 13.8. The SMILES string of the molecule is CC(C(=O)N(Cc1ccccc1)[C@@H](C)C1CC1)N1C(=O)OC2(CCc3cc(NC(=O)C4(N)COC4)ccc32)C1=O. The van der Waals surface area contributed by atoms with Gasteiger partial charge in [-0.15, -0.1) is 0 Å². The van der Waals surface area contributed by atoms with Gasteiger partial charge in [0, 0.05) is 30.3 Å². The highest BCUT2D eigenvalue weighted by atomic mass is 16.6. The molecule has 2 heterocycles. The molecule has 2 unspecified atom stereocenters. The highest BCUT2D eigenvalue weighted by molar-refractivity contribution is 6.07. The lowest BCUT2D eigenvalue weighted by Gasteiger charge is -2.35. The summed E-state index contributed by atoms with van der Waals surface area (Å²) in [4.78, 5) is 56.3. The zero-order valence-electron chi connectivity index (χ0n) is 22.7. The number of ether oxygens (including phenoxy) is 2. The minimum Gasteiger partial charge on any atom is -0.427 e. The van der Waals surface area contributed by atoms with E-state index in [1.807, 2.05) is 37.3 Å². The van der Waals surface area contributed by atoms with Crippen molar-refractivity contribution in [1.29, 1.82) is 0 Å². The number of nitrogens with zero attached hydrogens (tertiary/aromatic N) is 2. The van der Waals surface area contributed by atoms with Gasteiger partial charge >= 0.3 is 6.09 Å². The van der Waals surface area contributed by atoms with Crippen molar-refractivity contribution in [3.05, 3.63) is 65.2 Å². The quantitative estimate of drug-likeness (QED) is 0.520. The fourth-order valence-electron chi connectivity index (χ4n) is 5.99. The van der Waals surface area contributed by atoms with Gasteiger partial charge in [0.1, 0.15) is 11.6 Å². The first kappa shape index (κ1) is 26.5. The van der Waals surface area contributed by atoms with E-state index in [9.17, 15) is 19.2 Å². The molecule has 2 aromatic carbocycles. The van der Waals surface area contributed by atoms with Crippen molar-refractivity contribution in [1.82, 2.24) is 9.80 Å². The Morgan fingerprint density at radius 1 is 1.12 bits per heavy atom. The minimum atomic E-state index is -1.48. The Labute approximate surface area is 232 Å². The molecule has 3 N–H and O–H groups in total. The third kappa shape index (κ3) is 4.35. The Bertz CT molecular complexity index is 1370. The summed E-state index contributed by atoms with van der Waals surface area (Å²) in [5.41, 5.74) is 6.40. The fraction of sp³-hybridized carbons (Fsp3) is 0.467. The van der Waals surface area contributed by atoms with E-state index >= 15 is 0 Å². The molecule has 2 aliphatic carbocycles. The van der Waals surface area contributed by atoms with Gasteiger partial charge in [0.25, 0.3) is 5.91 Å². The molecule has 4 amide bonds. The van der Waals surface area contributed by atoms with Crippen LogP contribution < -0.4 is 11.1 Å². The monoisotopic (exact) mass is 546 g/mol. The van der Waals surface area contributed by atoms with E-state index < -0.39 is 29.2 Å². The van der Waals surface area contributed by atoms with Gasteiger partial charge in [0.15, 0.2) is 0 Å². The molecule has 1 spiro atoms. The summed E-state index contributed by atoms with van der Waals surface area (Å²) < 4.78 is 10.9. The summed E-state index contributed by atoms with van der Waals surface area (Å²) in [5.74, 6) is -0.735. The molecule has 210 valence electrons. The van der Waals surface area contributed by atoms with Crippen LogP contribution in [0.2, 0.25) is 0 Å². The molecule has 2 aromatic rings. The highest BCUT2D eigenvalue weighted by Gasteiger charge is 2.60. The van der Waals surface area contributed by atoms with Crippen molar-refractivity contribution < 1.29 is 28.7 Å². The molecular weight excluding hydrogens is 512 g/mol. The number of benzene rings is 2. The number of nitrogens with two attached hydrogens (primary N) is 1. The van der Waals surface area contributed by atoms with Crippen LogP contribution in [-0.2, 0) is 42.4 Å². The summed E-state index contributed by atoms with van der Waals surface area (Å²) in [5, 5.41) is 2.81. The molecular formula is C30H34N4O6. The molecule has 3 fully saturated rings. The van der Waals surface area contributed by atoms with Gasteiger partial charge in [-0.05, 0) is 62.3 Å². The Balaban J connectivity index is 1.22. The molecule has 1 saturated carbocycles. The van der Waals surface area contributed by atoms with Crippen LogP contribution in [0.15, 0.2) is 48.5 Å². The van der Waals surface area contributed by atoms with E-state index in [1.54, 1.807) is 30.0 Å². The zero-order chi connectivity index (χ0) is 28.2. The Kier molecular flexibility index (Phi) is 6.42. The summed E-state index contributed by atoms with van der Waals surface area (Å²) in [6.07, 6.45) is 2.04. The maximum Gasteiger partial charge on any atom is 0.418 e. The Morgan fingerprint density at radius 3 is 2.50 bits per heavy atom. The fourth-order valence-corrected chi connectivity index (χ4v) is 5.99. The summed E-state index contributed by atoms with van der Waals surface area (Å²) in [7, 11) is 0. The number of nitrogens with one attached hydrogen (secondary N) is 1. The van der Waals surface area contributed by atoms with E-state index in [1.165, 1.54) is 0 Å². The molecule has 3 atom stereocenters. The van der Waals surface area contributed by atoms with Crippen LogP contribution in [0.5, 0.6) is 0 Å². The van der Waals surface area contributed by atoms with Gasteiger partial charge in [-0.1, -0.05) is 36.4 Å². The van der Waals surface area contributed by atoms with Crippen LogP contribution >= 0.6 is 0 Å². The average Bonchev–Trinajstić information content (AvgIpc) is 3.67. The van der Waals surface area contributed by atoms with Crippen LogP contribution in [0.1, 0.15) is 49.8 Å². The summed E-state index contributed by atoms with van der Waals surface area (Å²) >= 11 is 0. The first-order valence-electron chi connectivity index (χ1n) is 13.9. The summed E-state index contributed by atoms with van der Waals surface area (Å²) in [6.45, 7) is 4.35. The van der Waals surface area contributed by atoms with Gasteiger partial charge in [-0.3, -0.25) is 14.4 Å². The molecule has 2 aliphatic heterocycles. The lowest BCUT2D eigenvalue weighted by atomic mass is 9.94. The van der Waals surface area contributed by atoms with Gasteiger partial charge < -0.3 is 25.4 Å². The van der Waals surface area contributed by atoms with E-state index in [2.05, 4.69) is 5.32 Å². The number of amides is 4. The predicted molar refractivity (Wildman–Crippen MR) is 145 cm³/mol. The number of aryl methyl sites for hydroxylation is 1. The first-order valence-corrected chi connectivity index (χ1v) is 13.9. The predicted octanol–water partition coefficient (Wildman–Crippen LogP) is 2.69. The second kappa shape index (κ2) is 9.71. The lowest BCUT2D eigenvalue weighted by Crippen LogP contribution is -2.65. The standard InChI is InChI=1S/C30H34N4O6/c1-18(21-8-9-21)33(15-20-6-4-3-5-7-20)25(35)19(2)34-27(37)30(40-28(34)38)13-12-22-14-23(10-11-24(22)30)32-26(36)29(31)16-39-17-29/h3-7,10-11,14,18-19,21H,8-9,12-13,15-17,31H2,1-2H3,(H,32,36)/t18-,19?,30?/m0/s1. The molecule has 0 bridgehead atoms. The third-order valence-corrected chi connectivity index (χ3v) is 8.76. The van der Waals surface area contributed by atoms with Crippen LogP contribution in [-0.4, -0.2) is 64.5 Å². The molecule has 40 heavy (non-hydrogen) atoms. The van der Waals surface area contributed by atoms with Gasteiger partial charge in [-0.25, -0.2) is 9.69 Å².